The van der Waals surface area contributed by atoms with E-state index in [-0.39, 0.29) is 17.9 Å². The van der Waals surface area contributed by atoms with E-state index in [1.807, 2.05) is 31.2 Å². The SMILES string of the molecule is Cc1ccc(-c2noc(CN3CCCC(C(=O)NC(C)c4ccc(C)cc4)C3)n2)cc1. The molecule has 3 aromatic rings. The summed E-state index contributed by atoms with van der Waals surface area (Å²) in [4.78, 5) is 19.7. The van der Waals surface area contributed by atoms with E-state index in [1.165, 1.54) is 11.1 Å². The van der Waals surface area contributed by atoms with Gasteiger partial charge in [-0.25, -0.2) is 0 Å². The van der Waals surface area contributed by atoms with Crippen LogP contribution in [-0.2, 0) is 11.3 Å². The van der Waals surface area contributed by atoms with Crippen molar-refractivity contribution in [3.05, 3.63) is 71.1 Å². The van der Waals surface area contributed by atoms with Crippen LogP contribution in [0.4, 0.5) is 0 Å². The Hall–Kier alpha value is -2.99. The number of rotatable bonds is 6. The van der Waals surface area contributed by atoms with Crippen molar-refractivity contribution in [3.8, 4) is 11.4 Å². The van der Waals surface area contributed by atoms with Gasteiger partial charge >= 0.3 is 0 Å². The molecule has 6 nitrogen and oxygen atoms in total. The summed E-state index contributed by atoms with van der Waals surface area (Å²) in [7, 11) is 0. The zero-order valence-corrected chi connectivity index (χ0v) is 18.5. The Bertz CT molecular complexity index is 1010. The van der Waals surface area contributed by atoms with Crippen molar-refractivity contribution in [2.75, 3.05) is 13.1 Å². The van der Waals surface area contributed by atoms with E-state index < -0.39 is 0 Å². The number of nitrogens with zero attached hydrogens (tertiary/aromatic N) is 3. The molecular weight excluding hydrogens is 388 g/mol. The smallest absolute Gasteiger partial charge is 0.241 e. The average molecular weight is 419 g/mol. The predicted molar refractivity (Wildman–Crippen MR) is 120 cm³/mol. The van der Waals surface area contributed by atoms with E-state index in [0.29, 0.717) is 24.8 Å². The lowest BCUT2D eigenvalue weighted by Gasteiger charge is -2.31. The fraction of sp³-hybridized carbons (Fsp3) is 0.400. The Morgan fingerprint density at radius 3 is 2.52 bits per heavy atom. The van der Waals surface area contributed by atoms with Gasteiger partial charge in [0.25, 0.3) is 0 Å². The third kappa shape index (κ3) is 5.39. The lowest BCUT2D eigenvalue weighted by Crippen LogP contribution is -2.43. The largest absolute Gasteiger partial charge is 0.349 e. The van der Waals surface area contributed by atoms with Crippen LogP contribution in [0, 0.1) is 19.8 Å². The number of nitrogens with one attached hydrogen (secondary N) is 1. The van der Waals surface area contributed by atoms with Crippen LogP contribution in [0.15, 0.2) is 53.1 Å². The Morgan fingerprint density at radius 1 is 1.13 bits per heavy atom. The summed E-state index contributed by atoms with van der Waals surface area (Å²) in [5.41, 5.74) is 4.49. The lowest BCUT2D eigenvalue weighted by molar-refractivity contribution is -0.127. The second kappa shape index (κ2) is 9.43. The van der Waals surface area contributed by atoms with Gasteiger partial charge in [0, 0.05) is 12.1 Å². The molecule has 1 fully saturated rings. The Kier molecular flexibility index (Phi) is 6.47. The number of aromatic nitrogens is 2. The number of carbonyl (C=O) groups is 1. The molecule has 0 radical (unpaired) electrons. The highest BCUT2D eigenvalue weighted by atomic mass is 16.5. The van der Waals surface area contributed by atoms with Gasteiger partial charge in [0.1, 0.15) is 0 Å². The summed E-state index contributed by atoms with van der Waals surface area (Å²) in [6, 6.07) is 16.4. The number of amides is 1. The molecule has 162 valence electrons. The molecule has 0 spiro atoms. The monoisotopic (exact) mass is 418 g/mol. The molecule has 0 saturated carbocycles. The highest BCUT2D eigenvalue weighted by molar-refractivity contribution is 5.79. The first kappa shape index (κ1) is 21.2. The number of aryl methyl sites for hydroxylation is 2. The molecule has 1 aliphatic heterocycles. The molecular formula is C25H30N4O2. The molecule has 6 heteroatoms. The van der Waals surface area contributed by atoms with Crippen LogP contribution >= 0.6 is 0 Å². The molecule has 2 heterocycles. The summed E-state index contributed by atoms with van der Waals surface area (Å²) in [6.07, 6.45) is 1.89. The van der Waals surface area contributed by atoms with Crippen LogP contribution in [0.25, 0.3) is 11.4 Å². The summed E-state index contributed by atoms with van der Waals surface area (Å²) < 4.78 is 5.48. The van der Waals surface area contributed by atoms with Crippen molar-refractivity contribution >= 4 is 5.91 Å². The summed E-state index contributed by atoms with van der Waals surface area (Å²) in [5, 5.41) is 7.31. The Morgan fingerprint density at radius 2 is 1.81 bits per heavy atom. The summed E-state index contributed by atoms with van der Waals surface area (Å²) >= 11 is 0. The van der Waals surface area contributed by atoms with Crippen LogP contribution in [0.3, 0.4) is 0 Å². The van der Waals surface area contributed by atoms with Crippen molar-refractivity contribution in [2.24, 2.45) is 5.92 Å². The molecule has 1 aliphatic rings. The molecule has 1 aromatic heterocycles. The molecule has 2 aromatic carbocycles. The molecule has 1 N–H and O–H groups in total. The highest BCUT2D eigenvalue weighted by Crippen LogP contribution is 2.22. The average Bonchev–Trinajstić information content (AvgIpc) is 3.23. The zero-order valence-electron chi connectivity index (χ0n) is 18.5. The number of carbonyl (C=O) groups excluding carboxylic acids is 1. The summed E-state index contributed by atoms with van der Waals surface area (Å²) in [5.74, 6) is 1.28. The number of likely N-dealkylation sites (tertiary alicyclic amines) is 1. The lowest BCUT2D eigenvalue weighted by atomic mass is 9.96. The van der Waals surface area contributed by atoms with E-state index in [4.69, 9.17) is 4.52 Å². The van der Waals surface area contributed by atoms with Crippen molar-refractivity contribution in [2.45, 2.75) is 46.2 Å². The number of hydrogen-bond donors (Lipinski definition) is 1. The quantitative estimate of drug-likeness (QED) is 0.641. The fourth-order valence-corrected chi connectivity index (χ4v) is 4.01. The fourth-order valence-electron chi connectivity index (χ4n) is 4.01. The summed E-state index contributed by atoms with van der Waals surface area (Å²) in [6.45, 7) is 8.35. The standard InChI is InChI=1S/C25H30N4O2/c1-17-6-10-20(11-7-17)19(3)26-25(30)22-5-4-14-29(15-22)16-23-27-24(28-31-23)21-12-8-18(2)9-13-21/h6-13,19,22H,4-5,14-16H2,1-3H3,(H,26,30). The number of hydrogen-bond acceptors (Lipinski definition) is 5. The van der Waals surface area contributed by atoms with Gasteiger partial charge < -0.3 is 9.84 Å². The normalized spacial score (nSPS) is 18.0. The van der Waals surface area contributed by atoms with Crippen molar-refractivity contribution in [3.63, 3.8) is 0 Å². The molecule has 1 amide bonds. The number of piperidine rings is 1. The van der Waals surface area contributed by atoms with Crippen molar-refractivity contribution in [1.29, 1.82) is 0 Å². The molecule has 2 atom stereocenters. The third-order valence-corrected chi connectivity index (χ3v) is 5.95. The van der Waals surface area contributed by atoms with Gasteiger partial charge in [0.05, 0.1) is 18.5 Å². The molecule has 0 bridgehead atoms. The van der Waals surface area contributed by atoms with Crippen molar-refractivity contribution < 1.29 is 9.32 Å². The molecule has 0 aliphatic carbocycles. The van der Waals surface area contributed by atoms with Gasteiger partial charge in [-0.1, -0.05) is 64.8 Å². The second-order valence-electron chi connectivity index (χ2n) is 8.59. The van der Waals surface area contributed by atoms with Crippen LogP contribution in [0.5, 0.6) is 0 Å². The first-order valence-electron chi connectivity index (χ1n) is 11.0. The van der Waals surface area contributed by atoms with Crippen LogP contribution in [0.2, 0.25) is 0 Å². The minimum Gasteiger partial charge on any atom is -0.349 e. The van der Waals surface area contributed by atoms with Crippen molar-refractivity contribution in [1.82, 2.24) is 20.4 Å². The Labute approximate surface area is 183 Å². The highest BCUT2D eigenvalue weighted by Gasteiger charge is 2.27. The van der Waals surface area contributed by atoms with Gasteiger partial charge in [-0.2, -0.15) is 4.98 Å². The predicted octanol–water partition coefficient (Wildman–Crippen LogP) is 4.44. The van der Waals surface area contributed by atoms with Gasteiger partial charge in [-0.05, 0) is 45.7 Å². The minimum absolute atomic E-state index is 0.00326. The maximum absolute atomic E-state index is 12.9. The van der Waals surface area contributed by atoms with Crippen LogP contribution in [-0.4, -0.2) is 34.0 Å². The van der Waals surface area contributed by atoms with E-state index in [1.54, 1.807) is 0 Å². The molecule has 2 unspecified atom stereocenters. The minimum atomic E-state index is -0.0267. The van der Waals surface area contributed by atoms with Gasteiger partial charge in [-0.3, -0.25) is 9.69 Å². The van der Waals surface area contributed by atoms with E-state index in [9.17, 15) is 4.79 Å². The zero-order chi connectivity index (χ0) is 21.8. The van der Waals surface area contributed by atoms with E-state index in [2.05, 4.69) is 58.5 Å². The second-order valence-corrected chi connectivity index (χ2v) is 8.59. The first-order chi connectivity index (χ1) is 15.0. The Balaban J connectivity index is 1.33. The maximum atomic E-state index is 12.9. The molecule has 31 heavy (non-hydrogen) atoms. The van der Waals surface area contributed by atoms with Crippen LogP contribution in [0.1, 0.15) is 48.4 Å². The molecule has 4 rings (SSSR count). The van der Waals surface area contributed by atoms with Gasteiger partial charge in [-0.15, -0.1) is 0 Å². The van der Waals surface area contributed by atoms with Gasteiger partial charge in [0.15, 0.2) is 0 Å². The maximum Gasteiger partial charge on any atom is 0.241 e. The van der Waals surface area contributed by atoms with E-state index in [0.717, 1.165) is 30.5 Å². The first-order valence-corrected chi connectivity index (χ1v) is 11.0. The van der Waals surface area contributed by atoms with Crippen LogP contribution < -0.4 is 5.32 Å². The topological polar surface area (TPSA) is 71.3 Å². The van der Waals surface area contributed by atoms with E-state index >= 15 is 0 Å². The molecule has 1 saturated heterocycles. The van der Waals surface area contributed by atoms with Gasteiger partial charge in [0.2, 0.25) is 17.6 Å². The third-order valence-electron chi connectivity index (χ3n) is 5.95. The number of benzene rings is 2.